The first-order chi connectivity index (χ1) is 11.7. The van der Waals surface area contributed by atoms with E-state index >= 15 is 0 Å². The van der Waals surface area contributed by atoms with Crippen LogP contribution in [0.2, 0.25) is 0 Å². The molecule has 0 aromatic heterocycles. The van der Waals surface area contributed by atoms with Crippen molar-refractivity contribution >= 4 is 32.5 Å². The summed E-state index contributed by atoms with van der Waals surface area (Å²) in [5.41, 5.74) is 5.01. The number of hydrogen-bond donors (Lipinski definition) is 0. The summed E-state index contributed by atoms with van der Waals surface area (Å²) in [6.07, 6.45) is 1.17. The lowest BCUT2D eigenvalue weighted by molar-refractivity contribution is 0.733. The summed E-state index contributed by atoms with van der Waals surface area (Å²) in [7, 11) is 1.09. The molecule has 3 rings (SSSR count). The van der Waals surface area contributed by atoms with Crippen molar-refractivity contribution in [2.45, 2.75) is 26.2 Å². The van der Waals surface area contributed by atoms with Crippen LogP contribution < -0.4 is 10.1 Å². The zero-order valence-electron chi connectivity index (χ0n) is 14.7. The van der Waals surface area contributed by atoms with Crippen LogP contribution in [0, 0.1) is 0 Å². The molecule has 0 saturated heterocycles. The maximum atomic E-state index is 2.32. The number of nitrogens with zero attached hydrogens (tertiary/aromatic N) is 1. The molecule has 1 unspecified atom stereocenters. The van der Waals surface area contributed by atoms with Gasteiger partial charge < -0.3 is 4.90 Å². The highest BCUT2D eigenvalue weighted by Gasteiger charge is 2.12. The van der Waals surface area contributed by atoms with Crippen molar-refractivity contribution in [3.63, 3.8) is 0 Å². The lowest BCUT2D eigenvalue weighted by Crippen LogP contribution is -2.11. The minimum absolute atomic E-state index is 0.605. The summed E-state index contributed by atoms with van der Waals surface area (Å²) < 4.78 is 0. The minimum Gasteiger partial charge on any atom is -0.311 e. The third-order valence-electron chi connectivity index (χ3n) is 4.64. The predicted molar refractivity (Wildman–Crippen MR) is 109 cm³/mol. The molecular formula is C22H25NSi. The van der Waals surface area contributed by atoms with Crippen LogP contribution in [0.25, 0.3) is 0 Å². The summed E-state index contributed by atoms with van der Waals surface area (Å²) in [6.45, 7) is 4.53. The molecule has 0 aliphatic rings. The first kappa shape index (κ1) is 16.5. The zero-order valence-corrected chi connectivity index (χ0v) is 16.7. The largest absolute Gasteiger partial charge is 0.311 e. The first-order valence-electron chi connectivity index (χ1n) is 8.71. The Kier molecular flexibility index (Phi) is 5.16. The van der Waals surface area contributed by atoms with Crippen LogP contribution in [0.1, 0.15) is 31.7 Å². The first-order valence-corrected chi connectivity index (χ1v) is 9.71. The van der Waals surface area contributed by atoms with Gasteiger partial charge in [0, 0.05) is 27.3 Å². The monoisotopic (exact) mass is 331 g/mol. The number of rotatable bonds is 5. The van der Waals surface area contributed by atoms with E-state index in [1.807, 2.05) is 0 Å². The quantitative estimate of drug-likeness (QED) is 0.615. The highest BCUT2D eigenvalue weighted by molar-refractivity contribution is 6.32. The van der Waals surface area contributed by atoms with E-state index in [9.17, 15) is 0 Å². The van der Waals surface area contributed by atoms with Crippen molar-refractivity contribution < 1.29 is 0 Å². The highest BCUT2D eigenvalue weighted by atomic mass is 28.1. The fraction of sp³-hybridized carbons (Fsp3) is 0.182. The molecule has 3 aromatic rings. The van der Waals surface area contributed by atoms with E-state index in [2.05, 4.69) is 97.6 Å². The lowest BCUT2D eigenvalue weighted by Gasteiger charge is -2.26. The zero-order chi connectivity index (χ0) is 16.9. The third-order valence-corrected chi connectivity index (χ3v) is 5.31. The molecule has 0 heterocycles. The van der Waals surface area contributed by atoms with Gasteiger partial charge >= 0.3 is 0 Å². The number of benzene rings is 3. The smallest absolute Gasteiger partial charge is 0.0461 e. The molecule has 2 heteroatoms. The van der Waals surface area contributed by atoms with Crippen LogP contribution in [-0.4, -0.2) is 10.2 Å². The highest BCUT2D eigenvalue weighted by Crippen LogP contribution is 2.34. The van der Waals surface area contributed by atoms with Crippen molar-refractivity contribution in [2.75, 3.05) is 4.90 Å². The predicted octanol–water partition coefficient (Wildman–Crippen LogP) is 4.66. The molecule has 24 heavy (non-hydrogen) atoms. The van der Waals surface area contributed by atoms with Gasteiger partial charge in [0.05, 0.1) is 0 Å². The second kappa shape index (κ2) is 7.50. The Labute approximate surface area is 148 Å². The molecule has 1 nitrogen and oxygen atoms in total. The van der Waals surface area contributed by atoms with E-state index in [1.54, 1.807) is 0 Å². The summed E-state index contributed by atoms with van der Waals surface area (Å²) in [5.74, 6) is 0.605. The van der Waals surface area contributed by atoms with Crippen LogP contribution in [0.15, 0.2) is 78.9 Å². The van der Waals surface area contributed by atoms with Gasteiger partial charge in [-0.15, -0.1) is 0 Å². The van der Waals surface area contributed by atoms with Gasteiger partial charge in [-0.1, -0.05) is 61.5 Å². The fourth-order valence-corrected chi connectivity index (χ4v) is 3.24. The lowest BCUT2D eigenvalue weighted by atomic mass is 9.98. The van der Waals surface area contributed by atoms with Gasteiger partial charge in [-0.2, -0.15) is 0 Å². The molecule has 122 valence electrons. The minimum atomic E-state index is 0.605. The molecule has 1 atom stereocenters. The summed E-state index contributed by atoms with van der Waals surface area (Å²) in [4.78, 5) is 2.32. The second-order valence-corrected chi connectivity index (χ2v) is 7.56. The van der Waals surface area contributed by atoms with Gasteiger partial charge in [-0.25, -0.2) is 0 Å². The van der Waals surface area contributed by atoms with E-state index in [1.165, 1.54) is 34.2 Å². The van der Waals surface area contributed by atoms with E-state index in [-0.39, 0.29) is 0 Å². The van der Waals surface area contributed by atoms with Crippen molar-refractivity contribution in [1.29, 1.82) is 0 Å². The number of anilines is 3. The van der Waals surface area contributed by atoms with E-state index < -0.39 is 0 Å². The topological polar surface area (TPSA) is 3.24 Å². The average Bonchev–Trinajstić information content (AvgIpc) is 2.64. The van der Waals surface area contributed by atoms with Crippen LogP contribution >= 0.6 is 0 Å². The fourth-order valence-electron chi connectivity index (χ4n) is 2.91. The summed E-state index contributed by atoms with van der Waals surface area (Å²) >= 11 is 0. The van der Waals surface area contributed by atoms with Gasteiger partial charge in [0.1, 0.15) is 0 Å². The maximum Gasteiger partial charge on any atom is 0.0461 e. The standard InChI is InChI=1S/C22H25NSi/c1-3-17(2)18-9-11-20(12-10-18)23(19-7-5-4-6-8-19)21-13-15-22(24)16-14-21/h4-17H,3H2,1-2,24H3. The molecule has 0 saturated carbocycles. The molecule has 0 bridgehead atoms. The molecule has 0 fully saturated rings. The number of para-hydroxylation sites is 1. The maximum absolute atomic E-state index is 2.32. The molecular weight excluding hydrogens is 306 g/mol. The van der Waals surface area contributed by atoms with Crippen molar-refractivity contribution in [3.05, 3.63) is 84.4 Å². The molecule has 0 aliphatic carbocycles. The van der Waals surface area contributed by atoms with Gasteiger partial charge in [0.25, 0.3) is 0 Å². The van der Waals surface area contributed by atoms with Gasteiger partial charge in [0.2, 0.25) is 0 Å². The Morgan fingerprint density at radius 3 is 1.79 bits per heavy atom. The molecule has 0 spiro atoms. The molecule has 0 aliphatic heterocycles. The van der Waals surface area contributed by atoms with Crippen molar-refractivity contribution in [2.24, 2.45) is 0 Å². The Bertz CT molecular complexity index is 763. The summed E-state index contributed by atoms with van der Waals surface area (Å²) in [5, 5.41) is 1.42. The van der Waals surface area contributed by atoms with E-state index in [4.69, 9.17) is 0 Å². The second-order valence-electron chi connectivity index (χ2n) is 6.41. The average molecular weight is 332 g/mol. The molecule has 0 amide bonds. The third kappa shape index (κ3) is 3.60. The van der Waals surface area contributed by atoms with Gasteiger partial charge in [-0.3, -0.25) is 0 Å². The van der Waals surface area contributed by atoms with Gasteiger partial charge in [0.15, 0.2) is 0 Å². The Balaban J connectivity index is 2.03. The number of hydrogen-bond acceptors (Lipinski definition) is 1. The van der Waals surface area contributed by atoms with E-state index in [0.29, 0.717) is 5.92 Å². The van der Waals surface area contributed by atoms with Crippen LogP contribution in [0.3, 0.4) is 0 Å². The van der Waals surface area contributed by atoms with Crippen LogP contribution in [0.4, 0.5) is 17.1 Å². The summed E-state index contributed by atoms with van der Waals surface area (Å²) in [6, 6.07) is 28.5. The molecule has 0 N–H and O–H groups in total. The van der Waals surface area contributed by atoms with E-state index in [0.717, 1.165) is 10.2 Å². The van der Waals surface area contributed by atoms with Crippen molar-refractivity contribution in [3.8, 4) is 0 Å². The Hall–Kier alpha value is -2.32. The molecule has 0 radical (unpaired) electrons. The van der Waals surface area contributed by atoms with Gasteiger partial charge in [-0.05, 0) is 54.3 Å². The Morgan fingerprint density at radius 1 is 0.750 bits per heavy atom. The normalized spacial score (nSPS) is 12.1. The van der Waals surface area contributed by atoms with Crippen LogP contribution in [-0.2, 0) is 0 Å². The SMILES string of the molecule is CCC(C)c1ccc(N(c2ccccc2)c2ccc([SiH3])cc2)cc1. The molecule has 3 aromatic carbocycles. The Morgan fingerprint density at radius 2 is 1.25 bits per heavy atom. The van der Waals surface area contributed by atoms with Crippen LogP contribution in [0.5, 0.6) is 0 Å². The van der Waals surface area contributed by atoms with Crippen molar-refractivity contribution in [1.82, 2.24) is 0 Å².